The van der Waals surface area contributed by atoms with Crippen LogP contribution in [-0.4, -0.2) is 85.1 Å². The van der Waals surface area contributed by atoms with Crippen molar-refractivity contribution in [2.45, 2.75) is 17.5 Å². The van der Waals surface area contributed by atoms with Crippen LogP contribution in [0.5, 0.6) is 5.75 Å². The SMILES string of the molecule is COc1ccc(N2CCN(C(=O)c3cccc(CSc4nc(Cl)cc(N5CCN(Cc6ccccc6)CC5)n4)c3)CC2)cc1. The second-order valence-electron chi connectivity index (χ2n) is 11.0. The molecule has 0 radical (unpaired) electrons. The van der Waals surface area contributed by atoms with Gasteiger partial charge in [-0.15, -0.1) is 0 Å². The van der Waals surface area contributed by atoms with Crippen LogP contribution in [0, 0.1) is 0 Å². The number of methoxy groups -OCH3 is 1. The first-order valence-corrected chi connectivity index (χ1v) is 16.4. The van der Waals surface area contributed by atoms with Crippen LogP contribution in [0.25, 0.3) is 0 Å². The van der Waals surface area contributed by atoms with E-state index in [0.717, 1.165) is 68.6 Å². The van der Waals surface area contributed by atoms with Gasteiger partial charge in [-0.1, -0.05) is 65.8 Å². The zero-order valence-corrected chi connectivity index (χ0v) is 26.5. The molecule has 0 saturated carbocycles. The number of thioether (sulfide) groups is 1. The Kier molecular flexibility index (Phi) is 9.85. The Morgan fingerprint density at radius 1 is 0.795 bits per heavy atom. The Hall–Kier alpha value is -3.79. The molecule has 228 valence electrons. The van der Waals surface area contributed by atoms with E-state index in [2.05, 4.69) is 62.1 Å². The van der Waals surface area contributed by atoms with Gasteiger partial charge in [-0.05, 0) is 47.5 Å². The van der Waals surface area contributed by atoms with Crippen molar-refractivity contribution in [3.63, 3.8) is 0 Å². The normalized spacial score (nSPS) is 15.8. The monoisotopic (exact) mass is 628 g/mol. The molecule has 0 spiro atoms. The molecule has 2 aliphatic rings. The Balaban J connectivity index is 1.02. The molecule has 2 saturated heterocycles. The first-order valence-electron chi connectivity index (χ1n) is 15.0. The van der Waals surface area contributed by atoms with Gasteiger partial charge < -0.3 is 19.4 Å². The average molecular weight is 629 g/mol. The van der Waals surface area contributed by atoms with E-state index in [1.807, 2.05) is 47.4 Å². The molecule has 2 fully saturated rings. The lowest BCUT2D eigenvalue weighted by Crippen LogP contribution is -2.48. The molecule has 0 N–H and O–H groups in total. The fourth-order valence-corrected chi connectivity index (χ4v) is 6.70. The van der Waals surface area contributed by atoms with Crippen LogP contribution in [0.15, 0.2) is 90.1 Å². The lowest BCUT2D eigenvalue weighted by atomic mass is 10.1. The van der Waals surface area contributed by atoms with Gasteiger partial charge in [0.1, 0.15) is 16.7 Å². The first-order chi connectivity index (χ1) is 21.5. The number of piperazine rings is 2. The molecule has 2 aliphatic heterocycles. The number of hydrogen-bond donors (Lipinski definition) is 0. The van der Waals surface area contributed by atoms with E-state index in [-0.39, 0.29) is 5.91 Å². The number of halogens is 1. The van der Waals surface area contributed by atoms with E-state index in [1.54, 1.807) is 18.9 Å². The van der Waals surface area contributed by atoms with Gasteiger partial charge >= 0.3 is 0 Å². The Morgan fingerprint density at radius 2 is 1.50 bits per heavy atom. The number of amides is 1. The first kappa shape index (κ1) is 30.2. The summed E-state index contributed by atoms with van der Waals surface area (Å²) in [6, 6.07) is 28.4. The quantitative estimate of drug-likeness (QED) is 0.133. The number of benzene rings is 3. The minimum atomic E-state index is 0.0685. The molecule has 0 atom stereocenters. The highest BCUT2D eigenvalue weighted by Gasteiger charge is 2.23. The third kappa shape index (κ3) is 7.64. The number of hydrogen-bond acceptors (Lipinski definition) is 8. The predicted molar refractivity (Wildman–Crippen MR) is 178 cm³/mol. The van der Waals surface area contributed by atoms with Gasteiger partial charge in [0, 0.05) is 82.0 Å². The third-order valence-electron chi connectivity index (χ3n) is 8.15. The summed E-state index contributed by atoms with van der Waals surface area (Å²) >= 11 is 7.98. The Bertz CT molecular complexity index is 1540. The van der Waals surface area contributed by atoms with E-state index in [1.165, 1.54) is 5.56 Å². The predicted octanol–water partition coefficient (Wildman–Crippen LogP) is 5.72. The molecule has 0 unspecified atom stereocenters. The molecule has 44 heavy (non-hydrogen) atoms. The van der Waals surface area contributed by atoms with Gasteiger partial charge in [0.15, 0.2) is 5.16 Å². The van der Waals surface area contributed by atoms with Crippen molar-refractivity contribution < 1.29 is 9.53 Å². The topological polar surface area (TPSA) is 65.0 Å². The van der Waals surface area contributed by atoms with Crippen LogP contribution >= 0.6 is 23.4 Å². The van der Waals surface area contributed by atoms with E-state index < -0.39 is 0 Å². The summed E-state index contributed by atoms with van der Waals surface area (Å²) in [6.45, 7) is 7.64. The summed E-state index contributed by atoms with van der Waals surface area (Å²) in [5.74, 6) is 2.43. The summed E-state index contributed by atoms with van der Waals surface area (Å²) in [7, 11) is 1.67. The average Bonchev–Trinajstić information content (AvgIpc) is 3.08. The molecular weight excluding hydrogens is 592 g/mol. The fourth-order valence-electron chi connectivity index (χ4n) is 5.67. The molecule has 8 nitrogen and oxygen atoms in total. The maximum atomic E-state index is 13.4. The number of anilines is 2. The van der Waals surface area contributed by atoms with Crippen LogP contribution in [0.1, 0.15) is 21.5 Å². The highest BCUT2D eigenvalue weighted by Crippen LogP contribution is 2.26. The Morgan fingerprint density at radius 3 is 2.23 bits per heavy atom. The van der Waals surface area contributed by atoms with Gasteiger partial charge in [-0.3, -0.25) is 9.69 Å². The molecule has 6 rings (SSSR count). The van der Waals surface area contributed by atoms with Crippen molar-refractivity contribution in [2.75, 3.05) is 69.3 Å². The van der Waals surface area contributed by atoms with E-state index >= 15 is 0 Å². The third-order valence-corrected chi connectivity index (χ3v) is 9.26. The van der Waals surface area contributed by atoms with Gasteiger partial charge in [0.05, 0.1) is 7.11 Å². The molecule has 1 amide bonds. The van der Waals surface area contributed by atoms with Gasteiger partial charge in [-0.2, -0.15) is 0 Å². The molecule has 3 heterocycles. The number of carbonyl (C=O) groups excluding carboxylic acids is 1. The van der Waals surface area contributed by atoms with Gasteiger partial charge in [0.25, 0.3) is 5.91 Å². The minimum Gasteiger partial charge on any atom is -0.497 e. The maximum Gasteiger partial charge on any atom is 0.253 e. The number of ether oxygens (including phenoxy) is 1. The summed E-state index contributed by atoms with van der Waals surface area (Å²) in [5, 5.41) is 1.09. The summed E-state index contributed by atoms with van der Waals surface area (Å²) in [4.78, 5) is 31.7. The van der Waals surface area contributed by atoms with Crippen LogP contribution in [0.3, 0.4) is 0 Å². The van der Waals surface area contributed by atoms with Crippen molar-refractivity contribution in [2.24, 2.45) is 0 Å². The second-order valence-corrected chi connectivity index (χ2v) is 12.4. The van der Waals surface area contributed by atoms with Crippen molar-refractivity contribution >= 4 is 40.8 Å². The lowest BCUT2D eigenvalue weighted by molar-refractivity contribution is 0.0746. The van der Waals surface area contributed by atoms with E-state index in [9.17, 15) is 4.79 Å². The zero-order chi connectivity index (χ0) is 30.3. The molecule has 0 aliphatic carbocycles. The van der Waals surface area contributed by atoms with Crippen molar-refractivity contribution in [1.82, 2.24) is 19.8 Å². The van der Waals surface area contributed by atoms with Gasteiger partial charge in [-0.25, -0.2) is 9.97 Å². The van der Waals surface area contributed by atoms with Crippen molar-refractivity contribution in [3.05, 3.63) is 107 Å². The number of rotatable bonds is 9. The van der Waals surface area contributed by atoms with Crippen LogP contribution in [-0.2, 0) is 12.3 Å². The summed E-state index contributed by atoms with van der Waals surface area (Å²) in [5.41, 5.74) is 4.25. The zero-order valence-electron chi connectivity index (χ0n) is 24.9. The molecule has 1 aromatic heterocycles. The van der Waals surface area contributed by atoms with Crippen LogP contribution in [0.2, 0.25) is 5.15 Å². The lowest BCUT2D eigenvalue weighted by Gasteiger charge is -2.36. The number of carbonyl (C=O) groups is 1. The second kappa shape index (κ2) is 14.3. The Labute approximate surface area is 268 Å². The van der Waals surface area contributed by atoms with E-state index in [4.69, 9.17) is 21.3 Å². The van der Waals surface area contributed by atoms with Crippen molar-refractivity contribution in [3.8, 4) is 5.75 Å². The smallest absolute Gasteiger partial charge is 0.253 e. The van der Waals surface area contributed by atoms with Crippen LogP contribution in [0.4, 0.5) is 11.5 Å². The summed E-state index contributed by atoms with van der Waals surface area (Å²) < 4.78 is 5.27. The summed E-state index contributed by atoms with van der Waals surface area (Å²) in [6.07, 6.45) is 0. The minimum absolute atomic E-state index is 0.0685. The molecule has 10 heteroatoms. The van der Waals surface area contributed by atoms with Crippen molar-refractivity contribution in [1.29, 1.82) is 0 Å². The highest BCUT2D eigenvalue weighted by molar-refractivity contribution is 7.98. The van der Waals surface area contributed by atoms with E-state index in [0.29, 0.717) is 34.7 Å². The number of nitrogens with zero attached hydrogens (tertiary/aromatic N) is 6. The standard InChI is InChI=1S/C34H37ClN6O2S/c1-43-30-12-10-29(11-13-30)39-18-20-41(21-19-39)33(42)28-9-5-8-27(22-28)25-44-34-36-31(35)23-32(37-34)40-16-14-38(15-17-40)24-26-6-3-2-4-7-26/h2-13,22-23H,14-21,24-25H2,1H3. The highest BCUT2D eigenvalue weighted by atomic mass is 35.5. The largest absolute Gasteiger partial charge is 0.497 e. The maximum absolute atomic E-state index is 13.4. The molecule has 3 aromatic carbocycles. The fraction of sp³-hybridized carbons (Fsp3) is 0.324. The molecular formula is C34H37ClN6O2S. The molecule has 0 bridgehead atoms. The van der Waals surface area contributed by atoms with Gasteiger partial charge in [0.2, 0.25) is 0 Å². The van der Waals surface area contributed by atoms with Crippen LogP contribution < -0.4 is 14.5 Å². The molecule has 4 aromatic rings. The number of aromatic nitrogens is 2.